The molecule has 0 aliphatic carbocycles. The van der Waals surface area contributed by atoms with Crippen molar-refractivity contribution in [3.63, 3.8) is 0 Å². The highest BCUT2D eigenvalue weighted by Gasteiger charge is 2.32. The Morgan fingerprint density at radius 3 is 2.71 bits per heavy atom. The summed E-state index contributed by atoms with van der Waals surface area (Å²) in [5.41, 5.74) is 5.46. The van der Waals surface area contributed by atoms with E-state index in [4.69, 9.17) is 4.74 Å². The van der Waals surface area contributed by atoms with E-state index >= 15 is 0 Å². The fourth-order valence-electron chi connectivity index (χ4n) is 2.73. The van der Waals surface area contributed by atoms with Gasteiger partial charge in [-0.15, -0.1) is 5.53 Å². The van der Waals surface area contributed by atoms with E-state index in [1.165, 1.54) is 6.20 Å². The molecule has 28 heavy (non-hydrogen) atoms. The zero-order valence-corrected chi connectivity index (χ0v) is 18.2. The Morgan fingerprint density at radius 2 is 2.04 bits per heavy atom. The van der Waals surface area contributed by atoms with Gasteiger partial charge in [-0.05, 0) is 61.3 Å². The molecule has 9 nitrogen and oxygen atoms in total. The molecule has 1 aromatic rings. The predicted octanol–water partition coefficient (Wildman–Crippen LogP) is 2.81. The molecule has 0 unspecified atom stereocenters. The Balaban J connectivity index is 1.91. The molecule has 150 valence electrons. The molecule has 2 heterocycles. The zero-order valence-electron chi connectivity index (χ0n) is 15.8. The van der Waals surface area contributed by atoms with Crippen molar-refractivity contribution in [1.29, 1.82) is 0 Å². The monoisotopic (exact) mass is 469 g/mol. The van der Waals surface area contributed by atoms with Crippen molar-refractivity contribution in [3.8, 4) is 0 Å². The van der Waals surface area contributed by atoms with E-state index in [0.29, 0.717) is 15.9 Å². The van der Waals surface area contributed by atoms with Crippen molar-refractivity contribution in [3.05, 3.63) is 51.5 Å². The van der Waals surface area contributed by atoms with Crippen molar-refractivity contribution in [2.75, 3.05) is 11.3 Å². The maximum atomic E-state index is 12.9. The number of benzene rings is 1. The molecule has 0 amide bonds. The lowest BCUT2D eigenvalue weighted by atomic mass is 10.1. The lowest BCUT2D eigenvalue weighted by Crippen LogP contribution is -2.45. The minimum Gasteiger partial charge on any atom is -0.462 e. The SMILES string of the molecule is CCOC(=O)c1ccc(C)c(NS(=O)(=O)N2C=C3N=C(C)C=C(C)N3N2)c1Br. The van der Waals surface area contributed by atoms with Crippen molar-refractivity contribution < 1.29 is 17.9 Å². The van der Waals surface area contributed by atoms with Crippen LogP contribution in [0.15, 0.2) is 45.4 Å². The third-order valence-electron chi connectivity index (χ3n) is 4.06. The number of nitrogens with one attached hydrogen (secondary N) is 2. The Labute approximate surface area is 172 Å². The quantitative estimate of drug-likeness (QED) is 0.642. The summed E-state index contributed by atoms with van der Waals surface area (Å²) in [6.45, 7) is 7.32. The van der Waals surface area contributed by atoms with Crippen LogP contribution in [0.5, 0.6) is 0 Å². The molecule has 0 fully saturated rings. The number of ether oxygens (including phenoxy) is 1. The topological polar surface area (TPSA) is 103 Å². The number of aliphatic imine (C=N–C) groups is 1. The number of rotatable bonds is 5. The van der Waals surface area contributed by atoms with E-state index in [-0.39, 0.29) is 17.9 Å². The average Bonchev–Trinajstić information content (AvgIpc) is 3.04. The highest BCUT2D eigenvalue weighted by atomic mass is 79.9. The van der Waals surface area contributed by atoms with Crippen molar-refractivity contribution in [2.24, 2.45) is 4.99 Å². The summed E-state index contributed by atoms with van der Waals surface area (Å²) in [6, 6.07) is 3.23. The number of carbonyl (C=O) groups is 1. The summed E-state index contributed by atoms with van der Waals surface area (Å²) < 4.78 is 34.6. The normalized spacial score (nSPS) is 16.2. The summed E-state index contributed by atoms with van der Waals surface area (Å²) in [5.74, 6) is -0.0853. The number of allylic oxidation sites excluding steroid dienone is 2. The van der Waals surface area contributed by atoms with E-state index in [1.54, 1.807) is 31.0 Å². The maximum absolute atomic E-state index is 12.9. The molecule has 2 aliphatic heterocycles. The first-order valence-corrected chi connectivity index (χ1v) is 10.7. The Bertz CT molecular complexity index is 1030. The van der Waals surface area contributed by atoms with Crippen LogP contribution in [0.25, 0.3) is 0 Å². The van der Waals surface area contributed by atoms with Gasteiger partial charge in [-0.2, -0.15) is 12.8 Å². The minimum atomic E-state index is -4.04. The van der Waals surface area contributed by atoms with Gasteiger partial charge in [-0.3, -0.25) is 4.72 Å². The van der Waals surface area contributed by atoms with Crippen LogP contribution in [0.3, 0.4) is 0 Å². The number of nitrogens with zero attached hydrogens (tertiary/aromatic N) is 3. The number of fused-ring (bicyclic) bond motifs is 1. The van der Waals surface area contributed by atoms with Crippen LogP contribution in [0.4, 0.5) is 5.69 Å². The third-order valence-corrected chi connectivity index (χ3v) is 6.05. The number of halogens is 1. The molecular weight excluding hydrogens is 450 g/mol. The molecule has 0 bridgehead atoms. The number of hydrogen-bond donors (Lipinski definition) is 2. The molecule has 0 saturated heterocycles. The van der Waals surface area contributed by atoms with Crippen molar-refractivity contribution >= 4 is 43.5 Å². The highest BCUT2D eigenvalue weighted by molar-refractivity contribution is 9.10. The average molecular weight is 470 g/mol. The van der Waals surface area contributed by atoms with Crippen LogP contribution in [-0.4, -0.2) is 36.1 Å². The molecule has 2 N–H and O–H groups in total. The lowest BCUT2D eigenvalue weighted by molar-refractivity contribution is 0.0525. The summed E-state index contributed by atoms with van der Waals surface area (Å²) in [4.78, 5) is 16.4. The summed E-state index contributed by atoms with van der Waals surface area (Å²) in [7, 11) is -4.04. The molecule has 3 rings (SSSR count). The van der Waals surface area contributed by atoms with Crippen LogP contribution in [-0.2, 0) is 14.9 Å². The first-order chi connectivity index (χ1) is 13.1. The van der Waals surface area contributed by atoms with Crippen LogP contribution >= 0.6 is 15.9 Å². The van der Waals surface area contributed by atoms with Gasteiger partial charge in [0.15, 0.2) is 5.82 Å². The lowest BCUT2D eigenvalue weighted by Gasteiger charge is -2.26. The van der Waals surface area contributed by atoms with Crippen LogP contribution in [0.1, 0.15) is 36.7 Å². The molecule has 0 radical (unpaired) electrons. The fraction of sp³-hybridized carbons (Fsp3) is 0.294. The van der Waals surface area contributed by atoms with E-state index in [9.17, 15) is 13.2 Å². The number of hydrazine groups is 2. The van der Waals surface area contributed by atoms with Crippen LogP contribution < -0.4 is 10.3 Å². The molecule has 0 aromatic heterocycles. The summed E-state index contributed by atoms with van der Waals surface area (Å²) in [5, 5.41) is 1.56. The zero-order chi connectivity index (χ0) is 20.6. The van der Waals surface area contributed by atoms with Crippen molar-refractivity contribution in [2.45, 2.75) is 27.7 Å². The van der Waals surface area contributed by atoms with Gasteiger partial charge in [0.05, 0.1) is 28.5 Å². The van der Waals surface area contributed by atoms with Gasteiger partial charge in [-0.25, -0.2) is 14.8 Å². The minimum absolute atomic E-state index is 0.216. The highest BCUT2D eigenvalue weighted by Crippen LogP contribution is 2.32. The molecule has 2 aliphatic rings. The molecular formula is C17H20BrN5O4S. The maximum Gasteiger partial charge on any atom is 0.339 e. The van der Waals surface area contributed by atoms with Gasteiger partial charge in [-0.1, -0.05) is 6.07 Å². The number of aryl methyl sites for hydroxylation is 1. The summed E-state index contributed by atoms with van der Waals surface area (Å²) in [6.07, 6.45) is 3.21. The fourth-order valence-corrected chi connectivity index (χ4v) is 4.60. The number of anilines is 1. The third kappa shape index (κ3) is 3.77. The van der Waals surface area contributed by atoms with E-state index in [1.807, 2.05) is 19.9 Å². The number of hydrogen-bond acceptors (Lipinski definition) is 7. The van der Waals surface area contributed by atoms with Gasteiger partial charge in [0.2, 0.25) is 0 Å². The van der Waals surface area contributed by atoms with Gasteiger partial charge in [0.1, 0.15) is 0 Å². The molecule has 1 aromatic carbocycles. The first-order valence-electron chi connectivity index (χ1n) is 8.44. The second kappa shape index (κ2) is 7.57. The van der Waals surface area contributed by atoms with Gasteiger partial charge < -0.3 is 4.74 Å². The smallest absolute Gasteiger partial charge is 0.339 e. The van der Waals surface area contributed by atoms with Gasteiger partial charge >= 0.3 is 16.2 Å². The number of carbonyl (C=O) groups excluding carboxylic acids is 1. The molecule has 0 atom stereocenters. The number of esters is 1. The van der Waals surface area contributed by atoms with Crippen molar-refractivity contribution in [1.82, 2.24) is 15.0 Å². The molecule has 11 heteroatoms. The second-order valence-corrected chi connectivity index (χ2v) is 8.54. The van der Waals surface area contributed by atoms with Gasteiger partial charge in [0, 0.05) is 11.4 Å². The molecule has 0 spiro atoms. The second-order valence-electron chi connectivity index (χ2n) is 6.20. The Kier molecular flexibility index (Phi) is 5.50. The van der Waals surface area contributed by atoms with Gasteiger partial charge in [0.25, 0.3) is 0 Å². The summed E-state index contributed by atoms with van der Waals surface area (Å²) >= 11 is 3.32. The van der Waals surface area contributed by atoms with Crippen LogP contribution in [0.2, 0.25) is 0 Å². The van der Waals surface area contributed by atoms with E-state index in [0.717, 1.165) is 15.8 Å². The van der Waals surface area contributed by atoms with Crippen LogP contribution in [0, 0.1) is 6.92 Å². The molecule has 0 saturated carbocycles. The Hall–Kier alpha value is -2.37. The largest absolute Gasteiger partial charge is 0.462 e. The van der Waals surface area contributed by atoms with E-state index < -0.39 is 16.2 Å². The predicted molar refractivity (Wildman–Crippen MR) is 109 cm³/mol. The first kappa shape index (κ1) is 20.4. The van der Waals surface area contributed by atoms with E-state index in [2.05, 4.69) is 31.2 Å². The standard InChI is InChI=1S/C17H20BrN5O4S/c1-5-27-17(24)13-7-6-10(2)16(15(13)18)20-28(25,26)22-9-14-19-11(3)8-12(4)23(14)21-22/h6-9,20-21H,5H2,1-4H3. The Morgan fingerprint density at radius 1 is 1.32 bits per heavy atom.